The van der Waals surface area contributed by atoms with Crippen LogP contribution in [0.25, 0.3) is 0 Å². The number of fused-ring (bicyclic) bond motifs is 1. The summed E-state index contributed by atoms with van der Waals surface area (Å²) in [4.78, 5) is 14.6. The maximum absolute atomic E-state index is 13.2. The Morgan fingerprint density at radius 3 is 2.60 bits per heavy atom. The molecule has 1 aliphatic carbocycles. The molecule has 0 unspecified atom stereocenters. The third kappa shape index (κ3) is 4.25. The number of ether oxygens (including phenoxy) is 1. The van der Waals surface area contributed by atoms with Crippen LogP contribution >= 0.6 is 0 Å². The third-order valence-corrected chi connectivity index (χ3v) is 5.84. The van der Waals surface area contributed by atoms with Gasteiger partial charge in [-0.25, -0.2) is 13.2 Å². The molecule has 0 radical (unpaired) electrons. The molecule has 1 N–H and O–H groups in total. The predicted octanol–water partition coefficient (Wildman–Crippen LogP) is 5.22. The lowest BCUT2D eigenvalue weighted by Gasteiger charge is -2.35. The first kappa shape index (κ1) is 20.6. The van der Waals surface area contributed by atoms with Gasteiger partial charge in [0.25, 0.3) is 0 Å². The number of carbonyl (C=O) groups is 1. The number of hydrogen-bond donors (Lipinski definition) is 1. The van der Waals surface area contributed by atoms with Crippen LogP contribution in [0, 0.1) is 25.6 Å². The van der Waals surface area contributed by atoms with Gasteiger partial charge >= 0.3 is 0 Å². The Balaban J connectivity index is 1.51. The number of rotatable bonds is 5. The Labute approximate surface area is 174 Å². The summed E-state index contributed by atoms with van der Waals surface area (Å²) in [6, 6.07) is 8.40. The van der Waals surface area contributed by atoms with Crippen LogP contribution in [0.15, 0.2) is 30.3 Å². The molecule has 0 aromatic heterocycles. The van der Waals surface area contributed by atoms with Gasteiger partial charge in [0, 0.05) is 31.4 Å². The van der Waals surface area contributed by atoms with Crippen molar-refractivity contribution >= 4 is 17.3 Å². The number of hydrogen-bond acceptors (Lipinski definition) is 3. The fourth-order valence-electron chi connectivity index (χ4n) is 4.29. The quantitative estimate of drug-likeness (QED) is 0.724. The normalized spacial score (nSPS) is 17.7. The minimum atomic E-state index is -2.62. The number of amides is 1. The summed E-state index contributed by atoms with van der Waals surface area (Å²) in [5.74, 6) is -2.69. The van der Waals surface area contributed by atoms with Crippen LogP contribution in [0.3, 0.4) is 0 Å². The summed E-state index contributed by atoms with van der Waals surface area (Å²) in [5.41, 5.74) is 4.30. The summed E-state index contributed by atoms with van der Waals surface area (Å²) in [6.07, 6.45) is -0.336. The summed E-state index contributed by atoms with van der Waals surface area (Å²) in [5, 5.41) is 2.90. The van der Waals surface area contributed by atoms with E-state index >= 15 is 0 Å². The van der Waals surface area contributed by atoms with Gasteiger partial charge in [0.15, 0.2) is 0 Å². The summed E-state index contributed by atoms with van der Waals surface area (Å²) in [7, 11) is 0. The molecule has 0 spiro atoms. The van der Waals surface area contributed by atoms with E-state index in [2.05, 4.69) is 10.2 Å². The number of alkyl halides is 2. The van der Waals surface area contributed by atoms with E-state index in [0.717, 1.165) is 22.4 Å². The minimum Gasteiger partial charge on any atom is -0.489 e. The number of nitrogens with one attached hydrogen (secondary N) is 1. The average molecular weight is 418 g/mol. The highest BCUT2D eigenvalue weighted by molar-refractivity contribution is 5.94. The molecular formula is C23H25F3N2O2. The highest BCUT2D eigenvalue weighted by Crippen LogP contribution is 2.45. The van der Waals surface area contributed by atoms with Crippen molar-refractivity contribution in [3.63, 3.8) is 0 Å². The first-order chi connectivity index (χ1) is 14.2. The van der Waals surface area contributed by atoms with Crippen LogP contribution in [0.2, 0.25) is 0 Å². The molecule has 160 valence electrons. The molecule has 7 heteroatoms. The van der Waals surface area contributed by atoms with Gasteiger partial charge in [-0.1, -0.05) is 12.1 Å². The van der Waals surface area contributed by atoms with Crippen molar-refractivity contribution in [1.82, 2.24) is 0 Å². The monoisotopic (exact) mass is 418 g/mol. The zero-order chi connectivity index (χ0) is 21.5. The summed E-state index contributed by atoms with van der Waals surface area (Å²) >= 11 is 0. The molecule has 1 amide bonds. The first-order valence-corrected chi connectivity index (χ1v) is 10.2. The zero-order valence-corrected chi connectivity index (χ0v) is 17.1. The predicted molar refractivity (Wildman–Crippen MR) is 110 cm³/mol. The molecule has 1 aliphatic heterocycles. The van der Waals surface area contributed by atoms with E-state index in [1.807, 2.05) is 19.9 Å². The standard InChI is InChI=1S/C23H25F3N2O2/c1-14-9-19-22(30-8-7-28(19)13-16-3-5-18(24)6-4-16)15(2)21(14)27-20(29)10-17-11-23(25,26)12-17/h3-6,9,17H,7-8,10-13H2,1-2H3,(H,27,29). The van der Waals surface area contributed by atoms with Gasteiger partial charge in [0.1, 0.15) is 18.2 Å². The molecule has 2 aromatic carbocycles. The first-order valence-electron chi connectivity index (χ1n) is 10.2. The molecule has 0 atom stereocenters. The molecule has 2 aromatic rings. The number of aryl methyl sites for hydroxylation is 1. The van der Waals surface area contributed by atoms with Gasteiger partial charge in [-0.15, -0.1) is 0 Å². The Morgan fingerprint density at radius 2 is 1.93 bits per heavy atom. The van der Waals surface area contributed by atoms with Gasteiger partial charge in [-0.05, 0) is 49.1 Å². The van der Waals surface area contributed by atoms with Crippen LogP contribution in [-0.2, 0) is 11.3 Å². The number of carbonyl (C=O) groups excluding carboxylic acids is 1. The fraction of sp³-hybridized carbons (Fsp3) is 0.435. The molecule has 1 heterocycles. The topological polar surface area (TPSA) is 41.6 Å². The molecule has 0 bridgehead atoms. The highest BCUT2D eigenvalue weighted by Gasteiger charge is 2.45. The second kappa shape index (κ2) is 7.85. The number of anilines is 2. The van der Waals surface area contributed by atoms with Crippen molar-refractivity contribution in [2.75, 3.05) is 23.4 Å². The van der Waals surface area contributed by atoms with Gasteiger partial charge in [-0.3, -0.25) is 4.79 Å². The van der Waals surface area contributed by atoms with E-state index in [-0.39, 0.29) is 36.9 Å². The Hall–Kier alpha value is -2.70. The number of nitrogens with zero attached hydrogens (tertiary/aromatic N) is 1. The van der Waals surface area contributed by atoms with Crippen molar-refractivity contribution in [2.45, 2.75) is 45.6 Å². The molecule has 1 fully saturated rings. The molecule has 0 saturated heterocycles. The van der Waals surface area contributed by atoms with Crippen LogP contribution in [-0.4, -0.2) is 25.0 Å². The van der Waals surface area contributed by atoms with Crippen LogP contribution < -0.4 is 15.0 Å². The average Bonchev–Trinajstić information content (AvgIpc) is 2.66. The van der Waals surface area contributed by atoms with E-state index in [4.69, 9.17) is 4.74 Å². The van der Waals surface area contributed by atoms with Gasteiger partial charge in [0.2, 0.25) is 11.8 Å². The molecule has 4 rings (SSSR count). The lowest BCUT2D eigenvalue weighted by Crippen LogP contribution is -2.37. The third-order valence-electron chi connectivity index (χ3n) is 5.84. The maximum atomic E-state index is 13.2. The van der Waals surface area contributed by atoms with Gasteiger partial charge in [-0.2, -0.15) is 0 Å². The largest absolute Gasteiger partial charge is 0.489 e. The minimum absolute atomic E-state index is 0.100. The van der Waals surface area contributed by atoms with Crippen molar-refractivity contribution in [3.8, 4) is 5.75 Å². The van der Waals surface area contributed by atoms with Gasteiger partial charge in [0.05, 0.1) is 17.9 Å². The summed E-state index contributed by atoms with van der Waals surface area (Å²) in [6.45, 7) is 5.62. The van der Waals surface area contributed by atoms with Gasteiger partial charge < -0.3 is 15.0 Å². The maximum Gasteiger partial charge on any atom is 0.248 e. The molecule has 1 saturated carbocycles. The smallest absolute Gasteiger partial charge is 0.248 e. The van der Waals surface area contributed by atoms with Crippen molar-refractivity contribution in [3.05, 3.63) is 52.8 Å². The molecule has 4 nitrogen and oxygen atoms in total. The van der Waals surface area contributed by atoms with E-state index in [9.17, 15) is 18.0 Å². The van der Waals surface area contributed by atoms with Crippen molar-refractivity contribution in [1.29, 1.82) is 0 Å². The molecular weight excluding hydrogens is 393 g/mol. The Bertz CT molecular complexity index is 952. The van der Waals surface area contributed by atoms with E-state index < -0.39 is 5.92 Å². The lowest BCUT2D eigenvalue weighted by atomic mass is 9.79. The Kier molecular flexibility index (Phi) is 5.38. The van der Waals surface area contributed by atoms with E-state index in [1.54, 1.807) is 12.1 Å². The second-order valence-electron chi connectivity index (χ2n) is 8.32. The molecule has 2 aliphatic rings. The van der Waals surface area contributed by atoms with E-state index in [1.165, 1.54) is 12.1 Å². The number of halogens is 3. The molecule has 30 heavy (non-hydrogen) atoms. The summed E-state index contributed by atoms with van der Waals surface area (Å²) < 4.78 is 45.2. The SMILES string of the molecule is Cc1cc2c(c(C)c1NC(=O)CC1CC(F)(F)C1)OCCN2Cc1ccc(F)cc1. The highest BCUT2D eigenvalue weighted by atomic mass is 19.3. The lowest BCUT2D eigenvalue weighted by molar-refractivity contribution is -0.129. The second-order valence-corrected chi connectivity index (χ2v) is 8.32. The van der Waals surface area contributed by atoms with Crippen LogP contribution in [0.5, 0.6) is 5.75 Å². The fourth-order valence-corrected chi connectivity index (χ4v) is 4.29. The number of benzene rings is 2. The van der Waals surface area contributed by atoms with Crippen LogP contribution in [0.4, 0.5) is 24.5 Å². The van der Waals surface area contributed by atoms with Crippen molar-refractivity contribution in [2.24, 2.45) is 5.92 Å². The Morgan fingerprint density at radius 1 is 1.23 bits per heavy atom. The zero-order valence-electron chi connectivity index (χ0n) is 17.1. The van der Waals surface area contributed by atoms with Crippen molar-refractivity contribution < 1.29 is 22.7 Å². The van der Waals surface area contributed by atoms with E-state index in [0.29, 0.717) is 31.1 Å². The van der Waals surface area contributed by atoms with Crippen LogP contribution in [0.1, 0.15) is 36.0 Å².